The fourth-order valence-electron chi connectivity index (χ4n) is 2.86. The highest BCUT2D eigenvalue weighted by atomic mass is 32.2. The Kier molecular flexibility index (Phi) is 5.98. The van der Waals surface area contributed by atoms with E-state index in [4.69, 9.17) is 0 Å². The summed E-state index contributed by atoms with van der Waals surface area (Å²) in [7, 11) is 0. The summed E-state index contributed by atoms with van der Waals surface area (Å²) in [5, 5.41) is 3.48. The van der Waals surface area contributed by atoms with Gasteiger partial charge in [0.15, 0.2) is 10.3 Å². The zero-order valence-corrected chi connectivity index (χ0v) is 16.8. The van der Waals surface area contributed by atoms with Gasteiger partial charge in [-0.2, -0.15) is 0 Å². The smallest absolute Gasteiger partial charge is 0.251 e. The summed E-state index contributed by atoms with van der Waals surface area (Å²) in [4.78, 5) is 39.9. The van der Waals surface area contributed by atoms with Crippen LogP contribution in [-0.4, -0.2) is 57.2 Å². The maximum Gasteiger partial charge on any atom is 0.251 e. The molecule has 0 bridgehead atoms. The van der Waals surface area contributed by atoms with Crippen LogP contribution in [0.4, 0.5) is 5.13 Å². The molecule has 1 atom stereocenters. The van der Waals surface area contributed by atoms with E-state index in [0.29, 0.717) is 18.2 Å². The molecular formula is C17H23N5O2S2. The van der Waals surface area contributed by atoms with Crippen molar-refractivity contribution in [1.29, 1.82) is 0 Å². The Balaban J connectivity index is 1.57. The molecule has 3 heterocycles. The van der Waals surface area contributed by atoms with Crippen molar-refractivity contribution in [3.05, 3.63) is 33.7 Å². The molecule has 1 saturated heterocycles. The number of piperazine rings is 1. The van der Waals surface area contributed by atoms with E-state index in [2.05, 4.69) is 26.8 Å². The molecule has 2 aromatic heterocycles. The van der Waals surface area contributed by atoms with Gasteiger partial charge in [0.2, 0.25) is 5.91 Å². The van der Waals surface area contributed by atoms with Gasteiger partial charge in [0.1, 0.15) is 0 Å². The molecule has 3 rings (SSSR count). The summed E-state index contributed by atoms with van der Waals surface area (Å²) in [5.74, 6) is 0.513. The lowest BCUT2D eigenvalue weighted by Crippen LogP contribution is -2.54. The number of nitrogens with zero attached hydrogens (tertiary/aromatic N) is 4. The summed E-state index contributed by atoms with van der Waals surface area (Å²) in [5.41, 5.74) is 0.568. The van der Waals surface area contributed by atoms with Crippen LogP contribution in [0.15, 0.2) is 27.6 Å². The van der Waals surface area contributed by atoms with Crippen molar-refractivity contribution in [3.8, 4) is 0 Å². The average molecular weight is 394 g/mol. The molecule has 9 heteroatoms. The van der Waals surface area contributed by atoms with Crippen LogP contribution < -0.4 is 10.5 Å². The minimum absolute atomic E-state index is 0.0678. The zero-order chi connectivity index (χ0) is 18.7. The molecule has 1 aliphatic rings. The SMILES string of the molecule is CC(C)c1cc(=O)[nH]c(SCC(=O)N2CCN(c3nccs3)[C@@H](C)C2)n1. The second kappa shape index (κ2) is 8.22. The number of H-pyrrole nitrogens is 1. The Morgan fingerprint density at radius 3 is 2.92 bits per heavy atom. The summed E-state index contributed by atoms with van der Waals surface area (Å²) in [6.07, 6.45) is 1.81. The van der Waals surface area contributed by atoms with Gasteiger partial charge in [0, 0.05) is 43.3 Å². The van der Waals surface area contributed by atoms with Crippen LogP contribution in [0.1, 0.15) is 32.4 Å². The fraction of sp³-hybridized carbons (Fsp3) is 0.529. The third-order valence-electron chi connectivity index (χ3n) is 4.31. The highest BCUT2D eigenvalue weighted by Crippen LogP contribution is 2.23. The molecule has 1 aliphatic heterocycles. The summed E-state index contributed by atoms with van der Waals surface area (Å²) in [6.45, 7) is 8.23. The van der Waals surface area contributed by atoms with Gasteiger partial charge < -0.3 is 14.8 Å². The normalized spacial score (nSPS) is 17.8. The van der Waals surface area contributed by atoms with Crippen LogP contribution in [0.3, 0.4) is 0 Å². The average Bonchev–Trinajstić information content (AvgIpc) is 3.13. The molecule has 2 aromatic rings. The Morgan fingerprint density at radius 1 is 1.46 bits per heavy atom. The molecule has 0 aliphatic carbocycles. The Bertz CT molecular complexity index is 806. The third-order valence-corrected chi connectivity index (χ3v) is 5.98. The van der Waals surface area contributed by atoms with E-state index in [0.717, 1.165) is 17.4 Å². The van der Waals surface area contributed by atoms with Crippen LogP contribution in [0.25, 0.3) is 0 Å². The van der Waals surface area contributed by atoms with Crippen LogP contribution in [-0.2, 0) is 4.79 Å². The molecule has 1 N–H and O–H groups in total. The van der Waals surface area contributed by atoms with E-state index < -0.39 is 0 Å². The van der Waals surface area contributed by atoms with E-state index >= 15 is 0 Å². The van der Waals surface area contributed by atoms with Gasteiger partial charge in [-0.05, 0) is 12.8 Å². The number of carbonyl (C=O) groups excluding carboxylic acids is 1. The van der Waals surface area contributed by atoms with Gasteiger partial charge in [0.05, 0.1) is 11.4 Å². The number of hydrogen-bond acceptors (Lipinski definition) is 7. The highest BCUT2D eigenvalue weighted by Gasteiger charge is 2.28. The quantitative estimate of drug-likeness (QED) is 0.619. The van der Waals surface area contributed by atoms with Crippen LogP contribution in [0.5, 0.6) is 0 Å². The number of rotatable bonds is 5. The van der Waals surface area contributed by atoms with Gasteiger partial charge in [0.25, 0.3) is 5.56 Å². The molecule has 1 fully saturated rings. The maximum atomic E-state index is 12.6. The van der Waals surface area contributed by atoms with E-state index in [1.807, 2.05) is 24.1 Å². The van der Waals surface area contributed by atoms with Gasteiger partial charge in [-0.3, -0.25) is 9.59 Å². The molecule has 1 amide bonds. The van der Waals surface area contributed by atoms with E-state index in [1.54, 1.807) is 17.5 Å². The van der Waals surface area contributed by atoms with Crippen molar-refractivity contribution in [3.63, 3.8) is 0 Å². The Morgan fingerprint density at radius 2 is 2.27 bits per heavy atom. The van der Waals surface area contributed by atoms with Crippen molar-refractivity contribution in [1.82, 2.24) is 19.9 Å². The minimum Gasteiger partial charge on any atom is -0.342 e. The standard InChI is InChI=1S/C17H23N5O2S2/c1-11(2)13-8-14(23)20-16(19-13)26-10-15(24)21-5-6-22(12(3)9-21)17-18-4-7-25-17/h4,7-8,11-12H,5-6,9-10H2,1-3H3,(H,19,20,23)/t12-/m0/s1. The first-order valence-corrected chi connectivity index (χ1v) is 10.5. The predicted octanol–water partition coefficient (Wildman–Crippen LogP) is 2.18. The van der Waals surface area contributed by atoms with E-state index in [9.17, 15) is 9.59 Å². The number of thioether (sulfide) groups is 1. The molecule has 0 unspecified atom stereocenters. The first-order valence-electron chi connectivity index (χ1n) is 8.62. The number of anilines is 1. The topological polar surface area (TPSA) is 82.2 Å². The largest absolute Gasteiger partial charge is 0.342 e. The van der Waals surface area contributed by atoms with Gasteiger partial charge in [-0.1, -0.05) is 25.6 Å². The van der Waals surface area contributed by atoms with Crippen molar-refractivity contribution < 1.29 is 4.79 Å². The molecule has 26 heavy (non-hydrogen) atoms. The number of carbonyl (C=O) groups is 1. The minimum atomic E-state index is -0.177. The van der Waals surface area contributed by atoms with Crippen LogP contribution in [0.2, 0.25) is 0 Å². The Labute approximate surface area is 160 Å². The summed E-state index contributed by atoms with van der Waals surface area (Å²) in [6, 6.07) is 1.74. The maximum absolute atomic E-state index is 12.6. The molecular weight excluding hydrogens is 370 g/mol. The van der Waals surface area contributed by atoms with Crippen LogP contribution >= 0.6 is 23.1 Å². The lowest BCUT2D eigenvalue weighted by atomic mass is 10.1. The lowest BCUT2D eigenvalue weighted by Gasteiger charge is -2.39. The third kappa shape index (κ3) is 4.45. The molecule has 140 valence electrons. The number of aromatic amines is 1. The van der Waals surface area contributed by atoms with Gasteiger partial charge >= 0.3 is 0 Å². The second-order valence-electron chi connectivity index (χ2n) is 6.62. The Hall–Kier alpha value is -1.87. The highest BCUT2D eigenvalue weighted by molar-refractivity contribution is 7.99. The molecule has 0 saturated carbocycles. The van der Waals surface area contributed by atoms with E-state index in [1.165, 1.54) is 17.8 Å². The van der Waals surface area contributed by atoms with Gasteiger partial charge in [-0.15, -0.1) is 11.3 Å². The van der Waals surface area contributed by atoms with Crippen LogP contribution in [0, 0.1) is 0 Å². The monoisotopic (exact) mass is 393 g/mol. The second-order valence-corrected chi connectivity index (χ2v) is 8.45. The number of aromatic nitrogens is 3. The summed E-state index contributed by atoms with van der Waals surface area (Å²) < 4.78 is 0. The molecule has 0 aromatic carbocycles. The van der Waals surface area contributed by atoms with Crippen molar-refractivity contribution in [2.45, 2.75) is 37.9 Å². The van der Waals surface area contributed by atoms with Crippen molar-refractivity contribution >= 4 is 34.1 Å². The lowest BCUT2D eigenvalue weighted by molar-refractivity contribution is -0.129. The molecule has 0 spiro atoms. The number of thiazole rings is 1. The molecule has 0 radical (unpaired) electrons. The van der Waals surface area contributed by atoms with Gasteiger partial charge in [-0.25, -0.2) is 9.97 Å². The number of hydrogen-bond donors (Lipinski definition) is 1. The predicted molar refractivity (Wildman–Crippen MR) is 105 cm³/mol. The summed E-state index contributed by atoms with van der Waals surface area (Å²) >= 11 is 2.91. The van der Waals surface area contributed by atoms with Crippen molar-refractivity contribution in [2.75, 3.05) is 30.3 Å². The molecule has 7 nitrogen and oxygen atoms in total. The zero-order valence-electron chi connectivity index (χ0n) is 15.1. The fourth-order valence-corrected chi connectivity index (χ4v) is 4.42. The van der Waals surface area contributed by atoms with E-state index in [-0.39, 0.29) is 29.2 Å². The van der Waals surface area contributed by atoms with Crippen molar-refractivity contribution in [2.24, 2.45) is 0 Å². The first kappa shape index (κ1) is 18.9. The first-order chi connectivity index (χ1) is 12.4. The number of nitrogens with one attached hydrogen (secondary N) is 1. The number of amides is 1.